The van der Waals surface area contributed by atoms with E-state index >= 15 is 0 Å². The highest BCUT2D eigenvalue weighted by Gasteiger charge is 2.26. The van der Waals surface area contributed by atoms with E-state index in [1.807, 2.05) is 0 Å². The molecule has 0 spiro atoms. The Morgan fingerprint density at radius 3 is 1.14 bits per heavy atom. The first kappa shape index (κ1) is 69.5. The first-order valence-corrected chi connectivity index (χ1v) is 31.4. The Balaban J connectivity index is 3.73. The molecule has 0 aliphatic heterocycles. The number of nitrogens with two attached hydrogens (primary N) is 1. The molecule has 9 nitrogen and oxygen atoms in total. The van der Waals surface area contributed by atoms with Gasteiger partial charge in [-0.1, -0.05) is 273 Å². The highest BCUT2D eigenvalue weighted by atomic mass is 31.2. The van der Waals surface area contributed by atoms with Gasteiger partial charge < -0.3 is 20.1 Å². The van der Waals surface area contributed by atoms with E-state index in [9.17, 15) is 19.0 Å². The van der Waals surface area contributed by atoms with Gasteiger partial charge in [-0.3, -0.25) is 18.6 Å². The maximum atomic E-state index is 12.7. The minimum Gasteiger partial charge on any atom is -0.462 e. The summed E-state index contributed by atoms with van der Waals surface area (Å²) in [6.07, 6.45) is 74.3. The van der Waals surface area contributed by atoms with Crippen LogP contribution in [0.15, 0.2) is 72.9 Å². The maximum absolute atomic E-state index is 12.7. The monoisotopic (exact) mass is 1030 g/mol. The quantitative estimate of drug-likeness (QED) is 0.0264. The van der Waals surface area contributed by atoms with Gasteiger partial charge in [0.1, 0.15) is 6.61 Å². The summed E-state index contributed by atoms with van der Waals surface area (Å²) in [5.74, 6) is -0.819. The number of rotatable bonds is 56. The second-order valence-electron chi connectivity index (χ2n) is 19.8. The van der Waals surface area contributed by atoms with Crippen LogP contribution in [-0.4, -0.2) is 49.3 Å². The minimum atomic E-state index is -4.38. The van der Waals surface area contributed by atoms with Crippen LogP contribution in [-0.2, 0) is 32.7 Å². The zero-order valence-electron chi connectivity index (χ0n) is 46.7. The van der Waals surface area contributed by atoms with Crippen molar-refractivity contribution in [3.8, 4) is 0 Å². The molecule has 0 radical (unpaired) electrons. The van der Waals surface area contributed by atoms with Crippen LogP contribution in [0.3, 0.4) is 0 Å². The van der Waals surface area contributed by atoms with Crippen LogP contribution in [0, 0.1) is 0 Å². The van der Waals surface area contributed by atoms with E-state index < -0.39 is 26.5 Å². The number of esters is 2. The highest BCUT2D eigenvalue weighted by Crippen LogP contribution is 2.43. The van der Waals surface area contributed by atoms with Gasteiger partial charge in [0.05, 0.1) is 13.2 Å². The molecule has 0 fully saturated rings. The van der Waals surface area contributed by atoms with E-state index in [1.54, 1.807) is 0 Å². The summed E-state index contributed by atoms with van der Waals surface area (Å²) in [6, 6.07) is 0. The lowest BCUT2D eigenvalue weighted by Gasteiger charge is -2.19. The molecule has 0 saturated heterocycles. The molecule has 0 aromatic rings. The number of unbranched alkanes of at least 4 members (excludes halogenated alkanes) is 31. The third-order valence-electron chi connectivity index (χ3n) is 12.9. The highest BCUT2D eigenvalue weighted by molar-refractivity contribution is 7.47. The number of hydrogen-bond acceptors (Lipinski definition) is 8. The largest absolute Gasteiger partial charge is 0.472 e. The summed E-state index contributed by atoms with van der Waals surface area (Å²) in [5, 5.41) is 0. The third kappa shape index (κ3) is 56.7. The summed E-state index contributed by atoms with van der Waals surface area (Å²) in [6.45, 7) is 3.63. The van der Waals surface area contributed by atoms with Gasteiger partial charge in [-0.2, -0.15) is 0 Å². The van der Waals surface area contributed by atoms with E-state index in [-0.39, 0.29) is 38.6 Å². The summed E-state index contributed by atoms with van der Waals surface area (Å²) < 4.78 is 32.9. The van der Waals surface area contributed by atoms with Crippen molar-refractivity contribution in [2.45, 2.75) is 283 Å². The van der Waals surface area contributed by atoms with Crippen molar-refractivity contribution >= 4 is 19.8 Å². The van der Waals surface area contributed by atoms with E-state index in [0.717, 1.165) is 70.6 Å². The van der Waals surface area contributed by atoms with Crippen LogP contribution in [0.1, 0.15) is 277 Å². The Morgan fingerprint density at radius 1 is 0.431 bits per heavy atom. The molecule has 0 bridgehead atoms. The lowest BCUT2D eigenvalue weighted by atomic mass is 10.0. The van der Waals surface area contributed by atoms with Crippen LogP contribution in [0.25, 0.3) is 0 Å². The molecule has 0 aliphatic rings. The van der Waals surface area contributed by atoms with E-state index in [4.69, 9.17) is 24.3 Å². The van der Waals surface area contributed by atoms with E-state index in [1.165, 1.54) is 173 Å². The van der Waals surface area contributed by atoms with Crippen molar-refractivity contribution in [3.63, 3.8) is 0 Å². The summed E-state index contributed by atoms with van der Waals surface area (Å²) in [7, 11) is -4.38. The van der Waals surface area contributed by atoms with Crippen LogP contribution >= 0.6 is 7.82 Å². The molecule has 72 heavy (non-hydrogen) atoms. The summed E-state index contributed by atoms with van der Waals surface area (Å²) in [4.78, 5) is 35.0. The molecule has 0 saturated carbocycles. The third-order valence-corrected chi connectivity index (χ3v) is 13.8. The molecule has 0 amide bonds. The molecule has 0 aromatic heterocycles. The van der Waals surface area contributed by atoms with Crippen LogP contribution in [0.5, 0.6) is 0 Å². The van der Waals surface area contributed by atoms with Crippen molar-refractivity contribution in [2.75, 3.05) is 26.4 Å². The van der Waals surface area contributed by atoms with Crippen LogP contribution in [0.2, 0.25) is 0 Å². The van der Waals surface area contributed by atoms with Gasteiger partial charge in [0, 0.05) is 19.4 Å². The molecule has 418 valence electrons. The number of phosphoric ester groups is 1. The maximum Gasteiger partial charge on any atom is 0.472 e. The smallest absolute Gasteiger partial charge is 0.462 e. The van der Waals surface area contributed by atoms with E-state index in [0.29, 0.717) is 6.42 Å². The Labute approximate surface area is 443 Å². The number of carbonyl (C=O) groups is 2. The zero-order valence-corrected chi connectivity index (χ0v) is 47.5. The standard InChI is InChI=1S/C62H112NO8P/c1-3-5-7-9-11-13-15-16-17-18-19-20-21-22-23-24-25-26-27-28-29-30-31-32-33-34-35-36-37-38-39-40-41-42-43-44-45-47-49-51-53-55-62(65)71-60(59-70-72(66,67)69-57-56-63)58-68-61(64)54-52-50-48-46-14-12-10-8-6-4-2/h5,7,11,13,16-17,19-20,22-23,25-26,60H,3-4,6,8-10,12,14-15,18,21,24,27-59,63H2,1-2H3,(H,66,67)/b7-5-,13-11-,17-16-,20-19-,23-22-,26-25-. The zero-order chi connectivity index (χ0) is 52.4. The Morgan fingerprint density at radius 2 is 0.764 bits per heavy atom. The second kappa shape index (κ2) is 57.7. The number of ether oxygens (including phenoxy) is 2. The molecular formula is C62H112NO8P. The first-order valence-electron chi connectivity index (χ1n) is 29.9. The van der Waals surface area contributed by atoms with Gasteiger partial charge >= 0.3 is 19.8 Å². The molecule has 10 heteroatoms. The Bertz CT molecular complexity index is 1410. The summed E-state index contributed by atoms with van der Waals surface area (Å²) >= 11 is 0. The Kier molecular flexibility index (Phi) is 55.7. The number of phosphoric acid groups is 1. The number of carbonyl (C=O) groups excluding carboxylic acids is 2. The lowest BCUT2D eigenvalue weighted by molar-refractivity contribution is -0.161. The average molecular weight is 1030 g/mol. The first-order chi connectivity index (χ1) is 35.3. The van der Waals surface area contributed by atoms with Crippen LogP contribution in [0.4, 0.5) is 0 Å². The average Bonchev–Trinajstić information content (AvgIpc) is 3.37. The van der Waals surface area contributed by atoms with Crippen LogP contribution < -0.4 is 5.73 Å². The number of hydrogen-bond donors (Lipinski definition) is 2. The van der Waals surface area contributed by atoms with Gasteiger partial charge in [-0.05, 0) is 64.2 Å². The van der Waals surface area contributed by atoms with Crippen molar-refractivity contribution in [1.29, 1.82) is 0 Å². The lowest BCUT2D eigenvalue weighted by Crippen LogP contribution is -2.29. The van der Waals surface area contributed by atoms with Crippen molar-refractivity contribution in [3.05, 3.63) is 72.9 Å². The number of allylic oxidation sites excluding steroid dienone is 12. The van der Waals surface area contributed by atoms with E-state index in [2.05, 4.69) is 86.8 Å². The van der Waals surface area contributed by atoms with Gasteiger partial charge in [0.25, 0.3) is 0 Å². The van der Waals surface area contributed by atoms with Crippen molar-refractivity contribution in [1.82, 2.24) is 0 Å². The molecule has 2 unspecified atom stereocenters. The molecule has 3 N–H and O–H groups in total. The minimum absolute atomic E-state index is 0.0547. The van der Waals surface area contributed by atoms with Crippen molar-refractivity contribution < 1.29 is 37.6 Å². The summed E-state index contributed by atoms with van der Waals surface area (Å²) in [5.41, 5.74) is 5.37. The fraction of sp³-hybridized carbons (Fsp3) is 0.774. The molecule has 2 atom stereocenters. The van der Waals surface area contributed by atoms with Gasteiger partial charge in [0.15, 0.2) is 6.10 Å². The second-order valence-corrected chi connectivity index (χ2v) is 21.3. The topological polar surface area (TPSA) is 134 Å². The molecule has 0 rings (SSSR count). The van der Waals surface area contributed by atoms with Gasteiger partial charge in [-0.15, -0.1) is 0 Å². The Hall–Kier alpha value is -2.55. The fourth-order valence-corrected chi connectivity index (χ4v) is 9.23. The molecule has 0 heterocycles. The molecular weight excluding hydrogens is 918 g/mol. The van der Waals surface area contributed by atoms with Gasteiger partial charge in [0.2, 0.25) is 0 Å². The fourth-order valence-electron chi connectivity index (χ4n) is 8.47. The molecule has 0 aliphatic carbocycles. The molecule has 0 aromatic carbocycles. The predicted molar refractivity (Wildman–Crippen MR) is 307 cm³/mol. The SMILES string of the molecule is CC/C=C\C/C=C\C/C=C\C/C=C\C/C=C\C/C=C\CCCCCCCCCCCCCCCCCCCCCCCCC(=O)OC(COC(=O)CCCCCCCCCCCC)COP(=O)(O)OCCN. The van der Waals surface area contributed by atoms with Gasteiger partial charge in [-0.25, -0.2) is 4.57 Å². The van der Waals surface area contributed by atoms with Crippen molar-refractivity contribution in [2.24, 2.45) is 5.73 Å². The predicted octanol–water partition coefficient (Wildman–Crippen LogP) is 18.9. The normalized spacial score (nSPS) is 13.6.